The molecular formula is C50H30N2O. The van der Waals surface area contributed by atoms with E-state index in [1.807, 2.05) is 18.2 Å². The molecule has 0 saturated carbocycles. The predicted molar refractivity (Wildman–Crippen MR) is 221 cm³/mol. The van der Waals surface area contributed by atoms with Gasteiger partial charge in [-0.15, -0.1) is 0 Å². The molecule has 0 radical (unpaired) electrons. The van der Waals surface area contributed by atoms with Crippen molar-refractivity contribution < 1.29 is 4.42 Å². The third-order valence-corrected chi connectivity index (χ3v) is 10.7. The Morgan fingerprint density at radius 1 is 0.321 bits per heavy atom. The summed E-state index contributed by atoms with van der Waals surface area (Å²) in [6.45, 7) is 0. The van der Waals surface area contributed by atoms with Crippen molar-refractivity contribution in [3.05, 3.63) is 182 Å². The van der Waals surface area contributed by atoms with Crippen LogP contribution >= 0.6 is 0 Å². The summed E-state index contributed by atoms with van der Waals surface area (Å²) in [6, 6.07) is 64.4. The molecule has 246 valence electrons. The van der Waals surface area contributed by atoms with E-state index in [1.165, 1.54) is 48.7 Å². The second kappa shape index (κ2) is 11.7. The second-order valence-electron chi connectivity index (χ2n) is 13.7. The lowest BCUT2D eigenvalue weighted by Gasteiger charge is -2.15. The first-order valence-electron chi connectivity index (χ1n) is 18.0. The summed E-state index contributed by atoms with van der Waals surface area (Å²) in [6.07, 6.45) is 0. The van der Waals surface area contributed by atoms with Gasteiger partial charge in [0.2, 0.25) is 0 Å². The van der Waals surface area contributed by atoms with Crippen molar-refractivity contribution in [3.8, 4) is 45.0 Å². The number of hydrogen-bond acceptors (Lipinski definition) is 3. The molecule has 2 heterocycles. The van der Waals surface area contributed by atoms with Gasteiger partial charge in [0.25, 0.3) is 0 Å². The molecule has 0 atom stereocenters. The van der Waals surface area contributed by atoms with Crippen molar-refractivity contribution in [1.29, 1.82) is 0 Å². The summed E-state index contributed by atoms with van der Waals surface area (Å²) in [4.78, 5) is 10.3. The molecule has 9 aromatic carbocycles. The van der Waals surface area contributed by atoms with E-state index in [1.54, 1.807) is 0 Å². The molecule has 0 aliphatic rings. The van der Waals surface area contributed by atoms with E-state index in [4.69, 9.17) is 14.4 Å². The first kappa shape index (κ1) is 29.6. The average Bonchev–Trinajstić information content (AvgIpc) is 3.62. The van der Waals surface area contributed by atoms with Crippen LogP contribution in [0.25, 0.3) is 110 Å². The number of furan rings is 1. The fourth-order valence-electron chi connectivity index (χ4n) is 8.10. The molecule has 3 nitrogen and oxygen atoms in total. The Morgan fingerprint density at radius 2 is 0.925 bits per heavy atom. The molecule has 0 bridgehead atoms. The average molecular weight is 675 g/mol. The smallest absolute Gasteiger partial charge is 0.160 e. The van der Waals surface area contributed by atoms with Crippen molar-refractivity contribution in [1.82, 2.24) is 9.97 Å². The van der Waals surface area contributed by atoms with Gasteiger partial charge < -0.3 is 4.42 Å². The zero-order chi connectivity index (χ0) is 34.9. The van der Waals surface area contributed by atoms with Crippen molar-refractivity contribution in [2.45, 2.75) is 0 Å². The fraction of sp³-hybridized carbons (Fsp3) is 0. The van der Waals surface area contributed by atoms with Crippen LogP contribution in [0, 0.1) is 0 Å². The maximum atomic E-state index is 6.45. The lowest BCUT2D eigenvalue weighted by Crippen LogP contribution is -1.96. The maximum absolute atomic E-state index is 6.45. The van der Waals surface area contributed by atoms with Gasteiger partial charge in [0, 0.05) is 27.5 Å². The first-order valence-corrected chi connectivity index (χ1v) is 18.0. The van der Waals surface area contributed by atoms with Gasteiger partial charge in [-0.05, 0) is 84.5 Å². The van der Waals surface area contributed by atoms with E-state index in [0.29, 0.717) is 5.82 Å². The molecule has 0 spiro atoms. The van der Waals surface area contributed by atoms with Crippen LogP contribution in [0.1, 0.15) is 0 Å². The summed E-state index contributed by atoms with van der Waals surface area (Å²) >= 11 is 0. The normalized spacial score (nSPS) is 11.8. The Hall–Kier alpha value is -7.10. The Bertz CT molecular complexity index is 3210. The molecule has 0 aliphatic carbocycles. The van der Waals surface area contributed by atoms with Crippen molar-refractivity contribution in [3.63, 3.8) is 0 Å². The Balaban J connectivity index is 1.06. The van der Waals surface area contributed by atoms with Crippen LogP contribution in [0.4, 0.5) is 0 Å². The van der Waals surface area contributed by atoms with Gasteiger partial charge in [0.05, 0.1) is 11.4 Å². The summed E-state index contributed by atoms with van der Waals surface area (Å²) in [7, 11) is 0. The zero-order valence-corrected chi connectivity index (χ0v) is 28.6. The highest BCUT2D eigenvalue weighted by molar-refractivity contribution is 6.21. The monoisotopic (exact) mass is 674 g/mol. The van der Waals surface area contributed by atoms with Crippen molar-refractivity contribution in [2.24, 2.45) is 0 Å². The highest BCUT2D eigenvalue weighted by Gasteiger charge is 2.16. The van der Waals surface area contributed by atoms with Crippen LogP contribution < -0.4 is 0 Å². The molecule has 3 heteroatoms. The first-order chi connectivity index (χ1) is 26.2. The minimum absolute atomic E-state index is 0.678. The highest BCUT2D eigenvalue weighted by atomic mass is 16.3. The quantitative estimate of drug-likeness (QED) is 0.138. The van der Waals surface area contributed by atoms with E-state index in [2.05, 4.69) is 164 Å². The summed E-state index contributed by atoms with van der Waals surface area (Å²) in [5.41, 5.74) is 8.82. The standard InChI is InChI=1S/C50H30N2O/c1-2-12-33(13-3-1)44-30-45(37-23-26-42-47(29-37)53-46-27-24-32-11-5-8-16-39(32)49(42)46)52-50(51-44)35-20-18-34(19-21-35)48-40-17-9-6-14-36(40)28-43-38-15-7-4-10-31(38)22-25-41(43)48/h1-30H. The molecule has 0 N–H and O–H groups in total. The topological polar surface area (TPSA) is 38.9 Å². The van der Waals surface area contributed by atoms with Gasteiger partial charge in [-0.3, -0.25) is 0 Å². The fourth-order valence-corrected chi connectivity index (χ4v) is 8.10. The molecule has 0 aliphatic heterocycles. The van der Waals surface area contributed by atoms with Crippen molar-refractivity contribution in [2.75, 3.05) is 0 Å². The molecular weight excluding hydrogens is 645 g/mol. The summed E-state index contributed by atoms with van der Waals surface area (Å²) < 4.78 is 6.45. The number of aromatic nitrogens is 2. The Kier molecular flexibility index (Phi) is 6.55. The second-order valence-corrected chi connectivity index (χ2v) is 13.7. The van der Waals surface area contributed by atoms with Crippen LogP contribution in [0.3, 0.4) is 0 Å². The molecule has 0 saturated heterocycles. The molecule has 0 amide bonds. The third kappa shape index (κ3) is 4.82. The predicted octanol–water partition coefficient (Wildman–Crippen LogP) is 13.7. The van der Waals surface area contributed by atoms with Gasteiger partial charge >= 0.3 is 0 Å². The molecule has 0 fully saturated rings. The summed E-state index contributed by atoms with van der Waals surface area (Å²) in [5.74, 6) is 0.678. The Labute approximate surface area is 305 Å². The van der Waals surface area contributed by atoms with Gasteiger partial charge in [-0.25, -0.2) is 9.97 Å². The lowest BCUT2D eigenvalue weighted by atomic mass is 9.89. The molecule has 53 heavy (non-hydrogen) atoms. The van der Waals surface area contributed by atoms with Crippen LogP contribution in [0.2, 0.25) is 0 Å². The number of nitrogens with zero attached hydrogens (tertiary/aromatic N) is 2. The number of hydrogen-bond donors (Lipinski definition) is 0. The number of benzene rings is 9. The Morgan fingerprint density at radius 3 is 1.74 bits per heavy atom. The maximum Gasteiger partial charge on any atom is 0.160 e. The molecule has 2 aromatic heterocycles. The van der Waals surface area contributed by atoms with Gasteiger partial charge in [-0.2, -0.15) is 0 Å². The number of fused-ring (bicyclic) bond motifs is 9. The van der Waals surface area contributed by atoms with E-state index < -0.39 is 0 Å². The van der Waals surface area contributed by atoms with E-state index in [0.717, 1.165) is 55.6 Å². The van der Waals surface area contributed by atoms with Gasteiger partial charge in [0.15, 0.2) is 5.82 Å². The van der Waals surface area contributed by atoms with Crippen LogP contribution in [-0.4, -0.2) is 9.97 Å². The molecule has 11 rings (SSSR count). The SMILES string of the molecule is c1ccc(-c2cc(-c3ccc4c(c3)oc3ccc5ccccc5c34)nc(-c3ccc(-c4c5ccccc5cc5c4ccc4ccccc45)cc3)n2)cc1. The highest BCUT2D eigenvalue weighted by Crippen LogP contribution is 2.41. The van der Waals surface area contributed by atoms with Crippen LogP contribution in [0.15, 0.2) is 186 Å². The molecule has 11 aromatic rings. The van der Waals surface area contributed by atoms with Crippen molar-refractivity contribution >= 4 is 65.0 Å². The largest absolute Gasteiger partial charge is 0.456 e. The van der Waals surface area contributed by atoms with Crippen LogP contribution in [0.5, 0.6) is 0 Å². The molecule has 0 unspecified atom stereocenters. The minimum Gasteiger partial charge on any atom is -0.456 e. The van der Waals surface area contributed by atoms with E-state index in [9.17, 15) is 0 Å². The van der Waals surface area contributed by atoms with E-state index >= 15 is 0 Å². The van der Waals surface area contributed by atoms with E-state index in [-0.39, 0.29) is 0 Å². The summed E-state index contributed by atoms with van der Waals surface area (Å²) in [5, 5.41) is 12.1. The van der Waals surface area contributed by atoms with Gasteiger partial charge in [-0.1, -0.05) is 152 Å². The number of rotatable bonds is 4. The third-order valence-electron chi connectivity index (χ3n) is 10.7. The van der Waals surface area contributed by atoms with Gasteiger partial charge in [0.1, 0.15) is 11.2 Å². The van der Waals surface area contributed by atoms with Crippen LogP contribution in [-0.2, 0) is 0 Å². The minimum atomic E-state index is 0.678. The zero-order valence-electron chi connectivity index (χ0n) is 28.6. The lowest BCUT2D eigenvalue weighted by molar-refractivity contribution is 0.669.